The van der Waals surface area contributed by atoms with E-state index in [-0.39, 0.29) is 0 Å². The molecular formula is C19H22ClN3O. The lowest BCUT2D eigenvalue weighted by molar-refractivity contribution is 0.318. The predicted octanol–water partition coefficient (Wildman–Crippen LogP) is 5.24. The normalized spacial score (nSPS) is 11.3. The van der Waals surface area contributed by atoms with Gasteiger partial charge in [-0.2, -0.15) is 5.10 Å². The number of hydrogen-bond donors (Lipinski definition) is 1. The van der Waals surface area contributed by atoms with E-state index in [1.165, 1.54) is 12.8 Å². The molecular weight excluding hydrogens is 322 g/mol. The van der Waals surface area contributed by atoms with E-state index in [1.807, 2.05) is 42.5 Å². The van der Waals surface area contributed by atoms with Crippen molar-refractivity contribution >= 4 is 22.5 Å². The van der Waals surface area contributed by atoms with Crippen LogP contribution in [0.2, 0.25) is 5.02 Å². The third-order valence-corrected chi connectivity index (χ3v) is 4.23. The number of H-pyrrole nitrogens is 1. The number of nitrogens with one attached hydrogen (secondary N) is 1. The predicted molar refractivity (Wildman–Crippen MR) is 98.9 cm³/mol. The van der Waals surface area contributed by atoms with Crippen molar-refractivity contribution in [1.29, 1.82) is 0 Å². The van der Waals surface area contributed by atoms with Crippen molar-refractivity contribution < 1.29 is 4.74 Å². The standard InChI is InChI=1S/C19H22ClN3O/c1-3-4-11-23(2)13-19-17-12-16(9-10-18(17)21-22-19)24-15-7-5-14(20)6-8-15/h5-10,12H,3-4,11,13H2,1-2H3,(H,21,22). The van der Waals surface area contributed by atoms with Crippen LogP contribution in [0.25, 0.3) is 10.9 Å². The summed E-state index contributed by atoms with van der Waals surface area (Å²) in [5.74, 6) is 1.56. The molecule has 0 fully saturated rings. The maximum atomic E-state index is 5.92. The highest BCUT2D eigenvalue weighted by atomic mass is 35.5. The number of fused-ring (bicyclic) bond motifs is 1. The van der Waals surface area contributed by atoms with Gasteiger partial charge in [0.05, 0.1) is 11.2 Å². The second-order valence-electron chi connectivity index (χ2n) is 6.03. The summed E-state index contributed by atoms with van der Waals surface area (Å²) in [5.41, 5.74) is 2.07. The van der Waals surface area contributed by atoms with Crippen LogP contribution >= 0.6 is 11.6 Å². The molecule has 1 aromatic heterocycles. The van der Waals surface area contributed by atoms with Crippen LogP contribution in [0.15, 0.2) is 42.5 Å². The highest BCUT2D eigenvalue weighted by Crippen LogP contribution is 2.27. The quantitative estimate of drug-likeness (QED) is 0.637. The molecule has 24 heavy (non-hydrogen) atoms. The molecule has 126 valence electrons. The van der Waals surface area contributed by atoms with Crippen molar-refractivity contribution in [3.63, 3.8) is 0 Å². The van der Waals surface area contributed by atoms with Gasteiger partial charge in [-0.05, 0) is 62.5 Å². The minimum atomic E-state index is 0.699. The summed E-state index contributed by atoms with van der Waals surface area (Å²) in [6.07, 6.45) is 2.40. The largest absolute Gasteiger partial charge is 0.457 e. The third-order valence-electron chi connectivity index (χ3n) is 3.98. The van der Waals surface area contributed by atoms with E-state index in [2.05, 4.69) is 29.1 Å². The highest BCUT2D eigenvalue weighted by molar-refractivity contribution is 6.30. The van der Waals surface area contributed by atoms with Gasteiger partial charge in [-0.1, -0.05) is 24.9 Å². The van der Waals surface area contributed by atoms with Crippen molar-refractivity contribution in [2.75, 3.05) is 13.6 Å². The average molecular weight is 344 g/mol. The van der Waals surface area contributed by atoms with Crippen molar-refractivity contribution in [2.45, 2.75) is 26.3 Å². The number of hydrogen-bond acceptors (Lipinski definition) is 3. The highest BCUT2D eigenvalue weighted by Gasteiger charge is 2.09. The molecule has 0 bridgehead atoms. The van der Waals surface area contributed by atoms with Crippen LogP contribution in [-0.2, 0) is 6.54 Å². The monoisotopic (exact) mass is 343 g/mol. The first kappa shape index (κ1) is 16.8. The van der Waals surface area contributed by atoms with Gasteiger partial charge in [0.25, 0.3) is 0 Å². The number of unbranched alkanes of at least 4 members (excludes halogenated alkanes) is 1. The fourth-order valence-electron chi connectivity index (χ4n) is 2.64. The first-order valence-electron chi connectivity index (χ1n) is 8.24. The number of ether oxygens (including phenoxy) is 1. The van der Waals surface area contributed by atoms with Crippen LogP contribution in [-0.4, -0.2) is 28.7 Å². The minimum Gasteiger partial charge on any atom is -0.457 e. The number of halogens is 1. The van der Waals surface area contributed by atoms with Crippen LogP contribution < -0.4 is 4.74 Å². The zero-order valence-electron chi connectivity index (χ0n) is 14.1. The van der Waals surface area contributed by atoms with Crippen LogP contribution in [0.4, 0.5) is 0 Å². The molecule has 2 aromatic carbocycles. The lowest BCUT2D eigenvalue weighted by atomic mass is 10.2. The fourth-order valence-corrected chi connectivity index (χ4v) is 2.77. The first-order valence-corrected chi connectivity index (χ1v) is 8.62. The fraction of sp³-hybridized carbons (Fsp3) is 0.316. The average Bonchev–Trinajstić information content (AvgIpc) is 2.97. The van der Waals surface area contributed by atoms with E-state index in [9.17, 15) is 0 Å². The number of aromatic nitrogens is 2. The molecule has 0 aliphatic heterocycles. The molecule has 0 radical (unpaired) electrons. The lowest BCUT2D eigenvalue weighted by Crippen LogP contribution is -2.19. The van der Waals surface area contributed by atoms with Crippen LogP contribution in [0.3, 0.4) is 0 Å². The Morgan fingerprint density at radius 1 is 1.12 bits per heavy atom. The Morgan fingerprint density at radius 3 is 2.62 bits per heavy atom. The van der Waals surface area contributed by atoms with Crippen LogP contribution in [0.5, 0.6) is 11.5 Å². The summed E-state index contributed by atoms with van der Waals surface area (Å²) in [4.78, 5) is 2.31. The Morgan fingerprint density at radius 2 is 1.88 bits per heavy atom. The van der Waals surface area contributed by atoms with Gasteiger partial charge >= 0.3 is 0 Å². The molecule has 0 aliphatic carbocycles. The van der Waals surface area contributed by atoms with Gasteiger partial charge in [-0.3, -0.25) is 5.10 Å². The molecule has 1 N–H and O–H groups in total. The Balaban J connectivity index is 1.79. The third kappa shape index (κ3) is 4.08. The van der Waals surface area contributed by atoms with Gasteiger partial charge in [-0.15, -0.1) is 0 Å². The summed E-state index contributed by atoms with van der Waals surface area (Å²) in [6.45, 7) is 4.14. The maximum absolute atomic E-state index is 5.92. The van der Waals surface area contributed by atoms with Crippen LogP contribution in [0, 0.1) is 0 Å². The molecule has 3 aromatic rings. The van der Waals surface area contributed by atoms with Crippen LogP contribution in [0.1, 0.15) is 25.5 Å². The Kier molecular flexibility index (Phi) is 5.38. The van der Waals surface area contributed by atoms with Gasteiger partial charge in [0.2, 0.25) is 0 Å². The molecule has 5 heteroatoms. The minimum absolute atomic E-state index is 0.699. The first-order chi connectivity index (χ1) is 11.7. The summed E-state index contributed by atoms with van der Waals surface area (Å²) in [7, 11) is 2.14. The van der Waals surface area contributed by atoms with E-state index in [0.29, 0.717) is 5.02 Å². The molecule has 4 nitrogen and oxygen atoms in total. The van der Waals surface area contributed by atoms with Gasteiger partial charge in [-0.25, -0.2) is 0 Å². The van der Waals surface area contributed by atoms with Crippen molar-refractivity contribution in [3.8, 4) is 11.5 Å². The molecule has 0 saturated carbocycles. The number of aromatic amines is 1. The topological polar surface area (TPSA) is 41.2 Å². The molecule has 3 rings (SSSR count). The Hall–Kier alpha value is -2.04. The maximum Gasteiger partial charge on any atom is 0.128 e. The van der Waals surface area contributed by atoms with Gasteiger partial charge in [0, 0.05) is 17.0 Å². The van der Waals surface area contributed by atoms with E-state index in [1.54, 1.807) is 0 Å². The SMILES string of the molecule is CCCCN(C)Cc1[nH]nc2ccc(Oc3ccc(Cl)cc3)cc12. The van der Waals surface area contributed by atoms with Gasteiger partial charge < -0.3 is 9.64 Å². The Labute approximate surface area is 147 Å². The lowest BCUT2D eigenvalue weighted by Gasteiger charge is -2.15. The zero-order valence-corrected chi connectivity index (χ0v) is 14.8. The zero-order chi connectivity index (χ0) is 16.9. The summed E-state index contributed by atoms with van der Waals surface area (Å²) >= 11 is 5.91. The van der Waals surface area contributed by atoms with E-state index in [0.717, 1.165) is 41.2 Å². The summed E-state index contributed by atoms with van der Waals surface area (Å²) in [6, 6.07) is 13.3. The molecule has 0 unspecified atom stereocenters. The van der Waals surface area contributed by atoms with Crippen molar-refractivity contribution in [2.24, 2.45) is 0 Å². The molecule has 0 aliphatic rings. The van der Waals surface area contributed by atoms with Gasteiger partial charge in [0.15, 0.2) is 0 Å². The molecule has 1 heterocycles. The molecule has 0 spiro atoms. The van der Waals surface area contributed by atoms with Gasteiger partial charge in [0.1, 0.15) is 11.5 Å². The molecule has 0 saturated heterocycles. The summed E-state index contributed by atoms with van der Waals surface area (Å²) < 4.78 is 5.92. The summed E-state index contributed by atoms with van der Waals surface area (Å²) in [5, 5.41) is 9.34. The van der Waals surface area contributed by atoms with E-state index < -0.39 is 0 Å². The smallest absolute Gasteiger partial charge is 0.128 e. The number of benzene rings is 2. The van der Waals surface area contributed by atoms with E-state index in [4.69, 9.17) is 16.3 Å². The molecule has 0 amide bonds. The van der Waals surface area contributed by atoms with E-state index >= 15 is 0 Å². The second-order valence-corrected chi connectivity index (χ2v) is 6.46. The second kappa shape index (κ2) is 7.69. The van der Waals surface area contributed by atoms with Crippen molar-refractivity contribution in [1.82, 2.24) is 15.1 Å². The Bertz CT molecular complexity index is 798. The van der Waals surface area contributed by atoms with Crippen molar-refractivity contribution in [3.05, 3.63) is 53.2 Å². The number of rotatable bonds is 7. The number of nitrogens with zero attached hydrogens (tertiary/aromatic N) is 2. The molecule has 0 atom stereocenters.